The van der Waals surface area contributed by atoms with Crippen LogP contribution in [0.15, 0.2) is 107 Å². The molecule has 0 unspecified atom stereocenters. The van der Waals surface area contributed by atoms with E-state index in [1.54, 1.807) is 0 Å². The summed E-state index contributed by atoms with van der Waals surface area (Å²) in [6.07, 6.45) is 6.06. The highest BCUT2D eigenvalue weighted by molar-refractivity contribution is 6.16. The second-order valence-electron chi connectivity index (χ2n) is 17.3. The van der Waals surface area contributed by atoms with E-state index in [9.17, 15) is 0 Å². The number of fused-ring (bicyclic) bond motifs is 8. The van der Waals surface area contributed by atoms with E-state index < -0.39 is 10.8 Å². The molecule has 6 aromatic carbocycles. The maximum absolute atomic E-state index is 15.6. The van der Waals surface area contributed by atoms with Gasteiger partial charge in [0.05, 0.1) is 16.3 Å². The molecule has 3 heterocycles. The number of benzene rings is 6. The van der Waals surface area contributed by atoms with Gasteiger partial charge < -0.3 is 9.14 Å². The fourth-order valence-electron chi connectivity index (χ4n) is 11.5. The molecule has 1 fully saturated rings. The van der Waals surface area contributed by atoms with E-state index in [0.29, 0.717) is 44.5 Å². The van der Waals surface area contributed by atoms with Gasteiger partial charge in [-0.1, -0.05) is 120 Å². The van der Waals surface area contributed by atoms with Crippen molar-refractivity contribution >= 4 is 38.1 Å². The third kappa shape index (κ3) is 3.56. The molecule has 12 rings (SSSR count). The highest BCUT2D eigenvalue weighted by Gasteiger charge is 2.43. The van der Waals surface area contributed by atoms with Crippen molar-refractivity contribution in [3.8, 4) is 44.9 Å². The Morgan fingerprint density at radius 3 is 1.57 bits per heavy atom. The van der Waals surface area contributed by atoms with Gasteiger partial charge in [0.2, 0.25) is 0 Å². The first-order valence-corrected chi connectivity index (χ1v) is 19.6. The number of aromatic nitrogens is 1. The Morgan fingerprint density at radius 1 is 0.556 bits per heavy atom. The lowest BCUT2D eigenvalue weighted by Crippen LogP contribution is -2.24. The number of hydrogen-bond acceptors (Lipinski definition) is 3. The van der Waals surface area contributed by atoms with Crippen molar-refractivity contribution in [2.75, 3.05) is 0 Å². The van der Waals surface area contributed by atoms with Crippen LogP contribution in [0, 0.1) is 0 Å². The van der Waals surface area contributed by atoms with Gasteiger partial charge in [0.25, 0.3) is 0 Å². The zero-order valence-electron chi connectivity index (χ0n) is 31.0. The number of nitrogens with zero attached hydrogens (tertiary/aromatic N) is 1. The van der Waals surface area contributed by atoms with Crippen LogP contribution in [0.4, 0.5) is 0 Å². The average molecular weight is 702 g/mol. The van der Waals surface area contributed by atoms with Crippen molar-refractivity contribution in [1.29, 1.82) is 0 Å². The molecule has 3 aliphatic carbocycles. The normalized spacial score (nSPS) is 17.4. The number of ether oxygens (including phenoxy) is 1. The van der Waals surface area contributed by atoms with Crippen molar-refractivity contribution in [2.24, 2.45) is 0 Å². The Hall–Kier alpha value is -5.74. The van der Waals surface area contributed by atoms with E-state index >= 15 is 9.59 Å². The SMILES string of the molecule is CC1(C)c2ccccc2-c2cc3c4c(c21)c(=O)c1cc(-c2ccccc2C2CCCCC2)cc2c(=O)c5c6c(cc(c5n4c12)O3)-c1ccccc1C6(C)C. The quantitative estimate of drug-likeness (QED) is 0.133. The molecule has 0 spiro atoms. The first-order valence-electron chi connectivity index (χ1n) is 19.6. The lowest BCUT2D eigenvalue weighted by atomic mass is 9.79. The summed E-state index contributed by atoms with van der Waals surface area (Å²) >= 11 is 0. The van der Waals surface area contributed by atoms with Crippen molar-refractivity contribution in [1.82, 2.24) is 4.40 Å². The van der Waals surface area contributed by atoms with Crippen LogP contribution in [0.2, 0.25) is 0 Å². The van der Waals surface area contributed by atoms with Crippen LogP contribution in [0.5, 0.6) is 11.5 Å². The molecular weight excluding hydrogens is 663 g/mol. The van der Waals surface area contributed by atoms with Crippen molar-refractivity contribution < 1.29 is 4.74 Å². The summed E-state index contributed by atoms with van der Waals surface area (Å²) in [5.74, 6) is 1.78. The van der Waals surface area contributed by atoms with Gasteiger partial charge in [0.15, 0.2) is 22.4 Å². The second kappa shape index (κ2) is 10.1. The topological polar surface area (TPSA) is 47.8 Å². The van der Waals surface area contributed by atoms with Crippen molar-refractivity contribution in [2.45, 2.75) is 76.5 Å². The first-order chi connectivity index (χ1) is 26.2. The minimum absolute atomic E-state index is 0.0364. The van der Waals surface area contributed by atoms with E-state index in [1.807, 2.05) is 0 Å². The zero-order valence-corrected chi connectivity index (χ0v) is 31.0. The summed E-state index contributed by atoms with van der Waals surface area (Å²) in [4.78, 5) is 31.1. The maximum atomic E-state index is 15.6. The minimum Gasteiger partial charge on any atom is -0.453 e. The summed E-state index contributed by atoms with van der Waals surface area (Å²) < 4.78 is 9.24. The first kappa shape index (κ1) is 30.7. The van der Waals surface area contributed by atoms with Crippen LogP contribution >= 0.6 is 0 Å². The molecule has 1 saturated carbocycles. The lowest BCUT2D eigenvalue weighted by molar-refractivity contribution is 0.444. The molecule has 54 heavy (non-hydrogen) atoms. The highest BCUT2D eigenvalue weighted by atomic mass is 16.5. The van der Waals surface area contributed by atoms with Crippen LogP contribution in [-0.2, 0) is 10.8 Å². The maximum Gasteiger partial charge on any atom is 0.197 e. The average Bonchev–Trinajstić information content (AvgIpc) is 3.56. The van der Waals surface area contributed by atoms with Gasteiger partial charge in [-0.05, 0) is 104 Å². The van der Waals surface area contributed by atoms with Gasteiger partial charge >= 0.3 is 0 Å². The molecule has 2 aromatic heterocycles. The van der Waals surface area contributed by atoms with E-state index in [4.69, 9.17) is 4.74 Å². The number of hydrogen-bond donors (Lipinski definition) is 0. The monoisotopic (exact) mass is 701 g/mol. The molecule has 4 aliphatic rings. The third-order valence-corrected chi connectivity index (χ3v) is 13.8. The zero-order chi connectivity index (χ0) is 36.4. The standard InChI is InChI=1S/C50H39NO3/c1-49(2)36-20-12-10-18-30(36)32-24-38-45-40(42(32)49)47(52)34-22-27(29-17-9-8-16-28(29)26-14-6-5-7-15-26)23-35-44(34)51(45)46-39(54-38)25-33-31-19-11-13-21-37(31)50(3,4)43(33)41(46)48(35)53/h8-13,16-26H,5-7,14-15H2,1-4H3. The molecule has 0 radical (unpaired) electrons. The van der Waals surface area contributed by atoms with Crippen LogP contribution in [-0.4, -0.2) is 4.40 Å². The minimum atomic E-state index is -0.423. The van der Waals surface area contributed by atoms with Gasteiger partial charge in [0, 0.05) is 21.6 Å². The number of rotatable bonds is 2. The van der Waals surface area contributed by atoms with E-state index in [-0.39, 0.29) is 10.9 Å². The summed E-state index contributed by atoms with van der Waals surface area (Å²) in [6, 6.07) is 34.3. The Balaban J connectivity index is 1.31. The van der Waals surface area contributed by atoms with Crippen LogP contribution in [0.1, 0.15) is 93.5 Å². The molecule has 1 aliphatic heterocycles. The second-order valence-corrected chi connectivity index (χ2v) is 17.3. The van der Waals surface area contributed by atoms with Gasteiger partial charge in [-0.3, -0.25) is 9.59 Å². The van der Waals surface area contributed by atoms with E-state index in [0.717, 1.165) is 68.4 Å². The predicted molar refractivity (Wildman–Crippen MR) is 220 cm³/mol. The summed E-state index contributed by atoms with van der Waals surface area (Å²) in [7, 11) is 0. The van der Waals surface area contributed by atoms with Gasteiger partial charge in [-0.2, -0.15) is 0 Å². The molecule has 8 aromatic rings. The summed E-state index contributed by atoms with van der Waals surface area (Å²) in [5, 5.41) is 2.56. The van der Waals surface area contributed by atoms with Crippen molar-refractivity contribution in [3.63, 3.8) is 0 Å². The Morgan fingerprint density at radius 2 is 1.04 bits per heavy atom. The molecule has 0 atom stereocenters. The fraction of sp³-hybridized carbons (Fsp3) is 0.240. The smallest absolute Gasteiger partial charge is 0.197 e. The Bertz CT molecular complexity index is 2980. The molecular formula is C50H39NO3. The predicted octanol–water partition coefficient (Wildman–Crippen LogP) is 12.0. The van der Waals surface area contributed by atoms with Crippen LogP contribution in [0.3, 0.4) is 0 Å². The Kier molecular flexibility index (Phi) is 5.72. The molecule has 0 bridgehead atoms. The molecule has 0 amide bonds. The summed E-state index contributed by atoms with van der Waals surface area (Å²) in [6.45, 7) is 8.95. The van der Waals surface area contributed by atoms with E-state index in [2.05, 4.69) is 129 Å². The van der Waals surface area contributed by atoms with Crippen molar-refractivity contribution in [3.05, 3.63) is 145 Å². The fourth-order valence-corrected chi connectivity index (χ4v) is 11.5. The van der Waals surface area contributed by atoms with Gasteiger partial charge in [0.1, 0.15) is 11.0 Å². The van der Waals surface area contributed by atoms with Crippen LogP contribution in [0.25, 0.3) is 71.5 Å². The summed E-state index contributed by atoms with van der Waals surface area (Å²) in [5.41, 5.74) is 13.5. The molecule has 0 saturated heterocycles. The third-order valence-electron chi connectivity index (χ3n) is 13.8. The van der Waals surface area contributed by atoms with Gasteiger partial charge in [-0.25, -0.2) is 0 Å². The molecule has 0 N–H and O–H groups in total. The molecule has 262 valence electrons. The van der Waals surface area contributed by atoms with E-state index in [1.165, 1.54) is 36.0 Å². The van der Waals surface area contributed by atoms with Crippen LogP contribution < -0.4 is 15.6 Å². The molecule has 4 heteroatoms. The largest absolute Gasteiger partial charge is 0.453 e. The number of pyridine rings is 2. The Labute approximate surface area is 313 Å². The lowest BCUT2D eigenvalue weighted by Gasteiger charge is -2.30. The highest BCUT2D eigenvalue weighted by Crippen LogP contribution is 2.58. The van der Waals surface area contributed by atoms with Gasteiger partial charge in [-0.15, -0.1) is 0 Å². The molecule has 4 nitrogen and oxygen atoms in total.